The maximum atomic E-state index is 8.88. The molecule has 2 atom stereocenters. The molecule has 2 saturated heterocycles. The van der Waals surface area contributed by atoms with Gasteiger partial charge in [-0.3, -0.25) is 4.90 Å². The molecular weight excluding hydrogens is 212 g/mol. The number of ether oxygens (including phenoxy) is 1. The molecule has 2 aliphatic heterocycles. The number of rotatable bonds is 2. The quantitative estimate of drug-likeness (QED) is 0.778. The van der Waals surface area contributed by atoms with Crippen molar-refractivity contribution in [2.75, 3.05) is 19.6 Å². The molecule has 2 bridgehead atoms. The second-order valence-electron chi connectivity index (χ2n) is 5.05. The Bertz CT molecular complexity index is 462. The van der Waals surface area contributed by atoms with Crippen LogP contribution >= 0.6 is 0 Å². The summed E-state index contributed by atoms with van der Waals surface area (Å²) in [5.74, 6) is 0.841. The molecule has 1 aromatic carbocycles. The lowest BCUT2D eigenvalue weighted by molar-refractivity contribution is 0.0453. The normalized spacial score (nSPS) is 30.9. The third-order valence-electron chi connectivity index (χ3n) is 3.80. The van der Waals surface area contributed by atoms with Gasteiger partial charge in [0.05, 0.1) is 11.6 Å². The molecule has 1 aromatic rings. The molecule has 2 fully saturated rings. The standard InChI is InChI=1S/C14H16N2O/c15-10-12-3-1-4-13(9-12)17-14-5-2-7-16(11-14)8-6-14/h1,3-4,9H,2,5-8,11H2/t14-/m0/s1. The molecular formula is C14H16N2O. The first-order valence-corrected chi connectivity index (χ1v) is 6.21. The van der Waals surface area contributed by atoms with Gasteiger partial charge in [-0.05, 0) is 37.6 Å². The van der Waals surface area contributed by atoms with E-state index in [1.165, 1.54) is 13.0 Å². The zero-order valence-corrected chi connectivity index (χ0v) is 9.85. The molecule has 3 nitrogen and oxygen atoms in total. The molecule has 2 aliphatic rings. The SMILES string of the molecule is N#Cc1cccc(O[C@@]23CCCN(CC2)C3)c1. The van der Waals surface area contributed by atoms with Crippen LogP contribution in [0.5, 0.6) is 5.75 Å². The summed E-state index contributed by atoms with van der Waals surface area (Å²) in [6.07, 6.45) is 3.47. The van der Waals surface area contributed by atoms with Gasteiger partial charge in [0.15, 0.2) is 0 Å². The predicted molar refractivity (Wildman–Crippen MR) is 64.8 cm³/mol. The Morgan fingerprint density at radius 2 is 2.24 bits per heavy atom. The summed E-state index contributed by atoms with van der Waals surface area (Å²) in [7, 11) is 0. The lowest BCUT2D eigenvalue weighted by Gasteiger charge is -2.34. The van der Waals surface area contributed by atoms with Gasteiger partial charge in [-0.25, -0.2) is 0 Å². The van der Waals surface area contributed by atoms with E-state index in [0.717, 1.165) is 31.7 Å². The maximum absolute atomic E-state index is 8.88. The highest BCUT2D eigenvalue weighted by Crippen LogP contribution is 2.35. The third kappa shape index (κ3) is 2.01. The van der Waals surface area contributed by atoms with Gasteiger partial charge in [-0.2, -0.15) is 5.26 Å². The second kappa shape index (κ2) is 4.05. The van der Waals surface area contributed by atoms with Gasteiger partial charge in [0, 0.05) is 19.5 Å². The highest BCUT2D eigenvalue weighted by Gasteiger charge is 2.42. The molecule has 0 spiro atoms. The Labute approximate surface area is 102 Å². The second-order valence-corrected chi connectivity index (χ2v) is 5.05. The van der Waals surface area contributed by atoms with Crippen molar-refractivity contribution >= 4 is 0 Å². The van der Waals surface area contributed by atoms with Crippen molar-refractivity contribution in [2.45, 2.75) is 24.9 Å². The smallest absolute Gasteiger partial charge is 0.123 e. The number of nitrogens with zero attached hydrogens (tertiary/aromatic N) is 2. The minimum atomic E-state index is 0.00628. The van der Waals surface area contributed by atoms with Crippen LogP contribution in [0.4, 0.5) is 0 Å². The summed E-state index contributed by atoms with van der Waals surface area (Å²) in [5.41, 5.74) is 0.677. The molecule has 2 heterocycles. The highest BCUT2D eigenvalue weighted by atomic mass is 16.5. The molecule has 1 unspecified atom stereocenters. The van der Waals surface area contributed by atoms with Crippen molar-refractivity contribution in [1.29, 1.82) is 5.26 Å². The molecule has 0 N–H and O–H groups in total. The average molecular weight is 228 g/mol. The number of benzene rings is 1. The number of piperidine rings is 1. The monoisotopic (exact) mass is 228 g/mol. The molecule has 0 saturated carbocycles. The predicted octanol–water partition coefficient (Wildman–Crippen LogP) is 2.18. The van der Waals surface area contributed by atoms with Gasteiger partial charge < -0.3 is 4.74 Å². The van der Waals surface area contributed by atoms with Crippen molar-refractivity contribution in [3.8, 4) is 11.8 Å². The van der Waals surface area contributed by atoms with E-state index in [2.05, 4.69) is 11.0 Å². The van der Waals surface area contributed by atoms with Gasteiger partial charge >= 0.3 is 0 Å². The zero-order chi connectivity index (χ0) is 11.7. The highest BCUT2D eigenvalue weighted by molar-refractivity contribution is 5.36. The maximum Gasteiger partial charge on any atom is 0.123 e. The van der Waals surface area contributed by atoms with E-state index in [0.29, 0.717) is 5.56 Å². The molecule has 17 heavy (non-hydrogen) atoms. The van der Waals surface area contributed by atoms with Crippen LogP contribution in [0.2, 0.25) is 0 Å². The Morgan fingerprint density at radius 3 is 3.12 bits per heavy atom. The number of nitriles is 1. The van der Waals surface area contributed by atoms with Crippen LogP contribution in [0.15, 0.2) is 24.3 Å². The first-order valence-electron chi connectivity index (χ1n) is 6.21. The Kier molecular flexibility index (Phi) is 2.53. The first kappa shape index (κ1) is 10.6. The van der Waals surface area contributed by atoms with E-state index in [-0.39, 0.29) is 5.60 Å². The molecule has 3 heteroatoms. The van der Waals surface area contributed by atoms with E-state index in [1.807, 2.05) is 24.3 Å². The Balaban J connectivity index is 1.80. The van der Waals surface area contributed by atoms with Crippen molar-refractivity contribution in [2.24, 2.45) is 0 Å². The largest absolute Gasteiger partial charge is 0.486 e. The molecule has 0 radical (unpaired) electrons. The fraction of sp³-hybridized carbons (Fsp3) is 0.500. The summed E-state index contributed by atoms with van der Waals surface area (Å²) in [5, 5.41) is 8.88. The van der Waals surface area contributed by atoms with E-state index >= 15 is 0 Å². The summed E-state index contributed by atoms with van der Waals surface area (Å²) in [6, 6.07) is 9.65. The minimum absolute atomic E-state index is 0.00628. The third-order valence-corrected chi connectivity index (χ3v) is 3.80. The lowest BCUT2D eigenvalue weighted by Crippen LogP contribution is -2.43. The number of hydrogen-bond acceptors (Lipinski definition) is 3. The molecule has 0 aliphatic carbocycles. The fourth-order valence-corrected chi connectivity index (χ4v) is 2.96. The minimum Gasteiger partial charge on any atom is -0.486 e. The molecule has 0 amide bonds. The van der Waals surface area contributed by atoms with Gasteiger partial charge in [0.1, 0.15) is 11.4 Å². The first-order chi connectivity index (χ1) is 8.30. The van der Waals surface area contributed by atoms with Crippen LogP contribution in [0, 0.1) is 11.3 Å². The van der Waals surface area contributed by atoms with Crippen LogP contribution in [0.1, 0.15) is 24.8 Å². The van der Waals surface area contributed by atoms with Gasteiger partial charge in [-0.15, -0.1) is 0 Å². The van der Waals surface area contributed by atoms with Gasteiger partial charge in [-0.1, -0.05) is 6.07 Å². The summed E-state index contributed by atoms with van der Waals surface area (Å²) >= 11 is 0. The van der Waals surface area contributed by atoms with Crippen LogP contribution in [0.3, 0.4) is 0 Å². The van der Waals surface area contributed by atoms with Crippen molar-refractivity contribution in [1.82, 2.24) is 4.90 Å². The number of hydrogen-bond donors (Lipinski definition) is 0. The van der Waals surface area contributed by atoms with E-state index < -0.39 is 0 Å². The van der Waals surface area contributed by atoms with E-state index in [9.17, 15) is 0 Å². The van der Waals surface area contributed by atoms with Crippen molar-refractivity contribution < 1.29 is 4.74 Å². The van der Waals surface area contributed by atoms with Crippen molar-refractivity contribution in [3.05, 3.63) is 29.8 Å². The Hall–Kier alpha value is -1.53. The zero-order valence-electron chi connectivity index (χ0n) is 9.85. The average Bonchev–Trinajstić information content (AvgIpc) is 2.64. The van der Waals surface area contributed by atoms with Crippen LogP contribution in [0.25, 0.3) is 0 Å². The van der Waals surface area contributed by atoms with Gasteiger partial charge in [0.2, 0.25) is 0 Å². The fourth-order valence-electron chi connectivity index (χ4n) is 2.96. The van der Waals surface area contributed by atoms with Crippen molar-refractivity contribution in [3.63, 3.8) is 0 Å². The summed E-state index contributed by atoms with van der Waals surface area (Å²) in [6.45, 7) is 3.41. The summed E-state index contributed by atoms with van der Waals surface area (Å²) in [4.78, 5) is 2.47. The van der Waals surface area contributed by atoms with E-state index in [4.69, 9.17) is 10.00 Å². The molecule has 0 aromatic heterocycles. The molecule has 3 rings (SSSR count). The van der Waals surface area contributed by atoms with Crippen LogP contribution in [-0.4, -0.2) is 30.1 Å². The topological polar surface area (TPSA) is 36.3 Å². The summed E-state index contributed by atoms with van der Waals surface area (Å²) < 4.78 is 6.18. The lowest BCUT2D eigenvalue weighted by atomic mass is 9.94. The van der Waals surface area contributed by atoms with Crippen LogP contribution < -0.4 is 4.74 Å². The van der Waals surface area contributed by atoms with Gasteiger partial charge in [0.25, 0.3) is 0 Å². The Morgan fingerprint density at radius 1 is 1.29 bits per heavy atom. The molecule has 88 valence electrons. The van der Waals surface area contributed by atoms with E-state index in [1.54, 1.807) is 0 Å². The number of fused-ring (bicyclic) bond motifs is 2. The van der Waals surface area contributed by atoms with Crippen LogP contribution in [-0.2, 0) is 0 Å².